The van der Waals surface area contributed by atoms with Crippen LogP contribution in [0.5, 0.6) is 0 Å². The van der Waals surface area contributed by atoms with Gasteiger partial charge in [0.25, 0.3) is 0 Å². The number of nitrogens with one attached hydrogen (secondary N) is 2. The number of aromatic amines is 2. The molecular weight excluding hydrogens is 385 g/mol. The second-order valence-corrected chi connectivity index (χ2v) is 8.07. The van der Waals surface area contributed by atoms with Gasteiger partial charge in [0.15, 0.2) is 4.47 Å². The molecule has 134 valence electrons. The van der Waals surface area contributed by atoms with Gasteiger partial charge in [0.05, 0.1) is 21.6 Å². The van der Waals surface area contributed by atoms with Crippen LogP contribution in [-0.2, 0) is 12.8 Å². The van der Waals surface area contributed by atoms with Gasteiger partial charge < -0.3 is 9.97 Å². The maximum atomic E-state index is 13.8. The van der Waals surface area contributed by atoms with Crippen LogP contribution in [0.3, 0.4) is 0 Å². The van der Waals surface area contributed by atoms with Crippen LogP contribution in [0.25, 0.3) is 22.7 Å². The Kier molecular flexibility index (Phi) is 3.77. The molecule has 0 atom stereocenters. The lowest BCUT2D eigenvalue weighted by Crippen LogP contribution is -1.99. The fraction of sp³-hybridized carbons (Fsp3) is 0.100. The lowest BCUT2D eigenvalue weighted by atomic mass is 9.97. The third-order valence-corrected chi connectivity index (χ3v) is 5.99. The SMILES string of the molecule is O=c1[nH]c2ccc(/C=C3/c4ccc(F)cc4CCc4nc(Cl)sc43)cc2[nH]1. The van der Waals surface area contributed by atoms with Crippen molar-refractivity contribution >= 4 is 45.6 Å². The Morgan fingerprint density at radius 2 is 1.96 bits per heavy atom. The molecule has 2 heterocycles. The molecular formula is C20H13ClFN3OS. The number of nitrogens with zero attached hydrogens (tertiary/aromatic N) is 1. The smallest absolute Gasteiger partial charge is 0.306 e. The number of thiazole rings is 1. The van der Waals surface area contributed by atoms with E-state index in [1.54, 1.807) is 6.07 Å². The summed E-state index contributed by atoms with van der Waals surface area (Å²) in [5.41, 5.74) is 6.04. The standard InChI is InChI=1S/C20H13ClFN3OS/c21-19-23-16-6-2-11-9-12(22)3-4-13(11)14(18(16)27-19)7-10-1-5-15-17(8-10)25-20(26)24-15/h1,3-5,7-9H,2,6H2,(H2,24,25,26)/b14-7-. The molecule has 0 aliphatic heterocycles. The van der Waals surface area contributed by atoms with Gasteiger partial charge >= 0.3 is 5.69 Å². The van der Waals surface area contributed by atoms with E-state index in [0.29, 0.717) is 10.9 Å². The van der Waals surface area contributed by atoms with Crippen molar-refractivity contribution in [3.05, 3.63) is 84.4 Å². The molecule has 2 aromatic heterocycles. The van der Waals surface area contributed by atoms with Crippen molar-refractivity contribution in [2.75, 3.05) is 0 Å². The molecule has 2 aromatic carbocycles. The van der Waals surface area contributed by atoms with Crippen LogP contribution in [0.15, 0.2) is 41.2 Å². The quantitative estimate of drug-likeness (QED) is 0.485. The van der Waals surface area contributed by atoms with Gasteiger partial charge in [-0.3, -0.25) is 0 Å². The Morgan fingerprint density at radius 3 is 2.85 bits per heavy atom. The molecule has 0 bridgehead atoms. The highest BCUT2D eigenvalue weighted by atomic mass is 35.5. The number of imidazole rings is 1. The number of hydrogen-bond donors (Lipinski definition) is 2. The molecule has 0 radical (unpaired) electrons. The highest BCUT2D eigenvalue weighted by Crippen LogP contribution is 2.39. The van der Waals surface area contributed by atoms with E-state index < -0.39 is 0 Å². The van der Waals surface area contributed by atoms with Crippen molar-refractivity contribution in [3.8, 4) is 0 Å². The number of halogens is 2. The molecule has 0 saturated heterocycles. The summed E-state index contributed by atoms with van der Waals surface area (Å²) in [5.74, 6) is -0.240. The van der Waals surface area contributed by atoms with Gasteiger partial charge in [0.1, 0.15) is 5.82 Å². The third kappa shape index (κ3) is 2.91. The van der Waals surface area contributed by atoms with Crippen molar-refractivity contribution in [1.82, 2.24) is 15.0 Å². The van der Waals surface area contributed by atoms with E-state index in [1.807, 2.05) is 30.3 Å². The van der Waals surface area contributed by atoms with Gasteiger partial charge in [-0.2, -0.15) is 0 Å². The van der Waals surface area contributed by atoms with Crippen molar-refractivity contribution in [1.29, 1.82) is 0 Å². The summed E-state index contributed by atoms with van der Waals surface area (Å²) < 4.78 is 14.3. The fourth-order valence-electron chi connectivity index (χ4n) is 3.56. The number of hydrogen-bond acceptors (Lipinski definition) is 3. The molecule has 0 amide bonds. The zero-order valence-corrected chi connectivity index (χ0v) is 15.5. The third-order valence-electron chi connectivity index (χ3n) is 4.76. The van der Waals surface area contributed by atoms with Gasteiger partial charge in [-0.15, -0.1) is 11.3 Å². The van der Waals surface area contributed by atoms with Crippen molar-refractivity contribution in [2.45, 2.75) is 12.8 Å². The second kappa shape index (κ2) is 6.18. The van der Waals surface area contributed by atoms with Crippen LogP contribution < -0.4 is 5.69 Å². The predicted octanol–water partition coefficient (Wildman–Crippen LogP) is 4.79. The lowest BCUT2D eigenvalue weighted by molar-refractivity contribution is 0.625. The van der Waals surface area contributed by atoms with E-state index in [2.05, 4.69) is 15.0 Å². The molecule has 27 heavy (non-hydrogen) atoms. The van der Waals surface area contributed by atoms with Crippen LogP contribution in [0.4, 0.5) is 4.39 Å². The first kappa shape index (κ1) is 16.5. The summed E-state index contributed by atoms with van der Waals surface area (Å²) in [7, 11) is 0. The van der Waals surface area contributed by atoms with E-state index in [9.17, 15) is 9.18 Å². The van der Waals surface area contributed by atoms with E-state index in [-0.39, 0.29) is 11.5 Å². The molecule has 0 saturated carbocycles. The van der Waals surface area contributed by atoms with E-state index in [4.69, 9.17) is 11.6 Å². The van der Waals surface area contributed by atoms with E-state index >= 15 is 0 Å². The lowest BCUT2D eigenvalue weighted by Gasteiger charge is -2.10. The van der Waals surface area contributed by atoms with Crippen LogP contribution >= 0.6 is 22.9 Å². The van der Waals surface area contributed by atoms with E-state index in [0.717, 1.165) is 50.3 Å². The van der Waals surface area contributed by atoms with Gasteiger partial charge in [-0.05, 0) is 59.9 Å². The molecule has 4 aromatic rings. The van der Waals surface area contributed by atoms with Crippen LogP contribution in [0, 0.1) is 5.82 Å². The second-order valence-electron chi connectivity index (χ2n) is 6.49. The molecule has 0 spiro atoms. The summed E-state index contributed by atoms with van der Waals surface area (Å²) in [6.45, 7) is 0. The minimum atomic E-state index is -0.240. The Balaban J connectivity index is 1.75. The Bertz CT molecular complexity index is 1280. The fourth-order valence-corrected chi connectivity index (χ4v) is 4.76. The van der Waals surface area contributed by atoms with Crippen LogP contribution in [0.2, 0.25) is 4.47 Å². The zero-order valence-electron chi connectivity index (χ0n) is 14.0. The van der Waals surface area contributed by atoms with Gasteiger partial charge in [-0.1, -0.05) is 23.7 Å². The molecule has 0 fully saturated rings. The minimum absolute atomic E-state index is 0.235. The average Bonchev–Trinajstić information content (AvgIpc) is 3.15. The molecule has 5 rings (SSSR count). The van der Waals surface area contributed by atoms with Gasteiger partial charge in [-0.25, -0.2) is 14.2 Å². The predicted molar refractivity (Wildman–Crippen MR) is 107 cm³/mol. The Hall–Kier alpha value is -2.70. The van der Waals surface area contributed by atoms with Gasteiger partial charge in [0.2, 0.25) is 0 Å². The maximum absolute atomic E-state index is 13.8. The van der Waals surface area contributed by atoms with Crippen molar-refractivity contribution in [2.24, 2.45) is 0 Å². The first-order valence-electron chi connectivity index (χ1n) is 8.45. The first-order valence-corrected chi connectivity index (χ1v) is 9.64. The average molecular weight is 398 g/mol. The normalized spacial score (nSPS) is 15.0. The number of aromatic nitrogens is 3. The summed E-state index contributed by atoms with van der Waals surface area (Å²) in [6, 6.07) is 10.6. The Morgan fingerprint density at radius 1 is 1.11 bits per heavy atom. The number of aryl methyl sites for hydroxylation is 2. The molecule has 1 aliphatic rings. The highest BCUT2D eigenvalue weighted by Gasteiger charge is 2.22. The summed E-state index contributed by atoms with van der Waals surface area (Å²) in [4.78, 5) is 22.5. The van der Waals surface area contributed by atoms with Crippen LogP contribution in [0.1, 0.15) is 27.3 Å². The topological polar surface area (TPSA) is 61.5 Å². The molecule has 0 unspecified atom stereocenters. The molecule has 4 nitrogen and oxygen atoms in total. The first-order chi connectivity index (χ1) is 13.1. The van der Waals surface area contributed by atoms with E-state index in [1.165, 1.54) is 17.4 Å². The zero-order chi connectivity index (χ0) is 18.5. The monoisotopic (exact) mass is 397 g/mol. The molecule has 7 heteroatoms. The molecule has 2 N–H and O–H groups in total. The van der Waals surface area contributed by atoms with Crippen molar-refractivity contribution < 1.29 is 4.39 Å². The molecule has 1 aliphatic carbocycles. The maximum Gasteiger partial charge on any atom is 0.323 e. The number of benzene rings is 2. The van der Waals surface area contributed by atoms with Crippen LogP contribution in [-0.4, -0.2) is 15.0 Å². The summed E-state index contributed by atoms with van der Waals surface area (Å²) in [5, 5.41) is 0. The number of fused-ring (bicyclic) bond motifs is 3. The number of rotatable bonds is 1. The largest absolute Gasteiger partial charge is 0.323 e. The number of H-pyrrole nitrogens is 2. The summed E-state index contributed by atoms with van der Waals surface area (Å²) in [6.07, 6.45) is 3.47. The summed E-state index contributed by atoms with van der Waals surface area (Å²) >= 11 is 7.62. The minimum Gasteiger partial charge on any atom is -0.306 e. The van der Waals surface area contributed by atoms with Crippen molar-refractivity contribution in [3.63, 3.8) is 0 Å². The van der Waals surface area contributed by atoms with Gasteiger partial charge in [0, 0.05) is 5.57 Å². The Labute approximate surface area is 162 Å². The highest BCUT2D eigenvalue weighted by molar-refractivity contribution is 7.17.